The zero-order valence-corrected chi connectivity index (χ0v) is 21.1. The Balaban J connectivity index is 1.40. The lowest BCUT2D eigenvalue weighted by atomic mass is 9.77. The maximum Gasteiger partial charge on any atom is 0.407 e. The first-order valence-corrected chi connectivity index (χ1v) is 14.3. The number of carbonyl (C=O) groups is 1. The van der Waals surface area contributed by atoms with Crippen molar-refractivity contribution in [3.63, 3.8) is 0 Å². The fraction of sp³-hybridized carbons (Fsp3) is 0.767. The van der Waals surface area contributed by atoms with Crippen molar-refractivity contribution < 1.29 is 9.53 Å². The van der Waals surface area contributed by atoms with Gasteiger partial charge in [0, 0.05) is 6.04 Å². The summed E-state index contributed by atoms with van der Waals surface area (Å²) < 4.78 is 5.46. The molecule has 1 amide bonds. The Labute approximate surface area is 203 Å². The number of ether oxygens (including phenoxy) is 1. The molecular formula is C30H49NO2. The van der Waals surface area contributed by atoms with E-state index in [1.807, 2.05) is 30.3 Å². The first-order valence-electron chi connectivity index (χ1n) is 14.3. The first-order chi connectivity index (χ1) is 16.3. The van der Waals surface area contributed by atoms with Crippen molar-refractivity contribution in [1.82, 2.24) is 5.32 Å². The van der Waals surface area contributed by atoms with Gasteiger partial charge in [0.15, 0.2) is 0 Å². The van der Waals surface area contributed by atoms with E-state index in [9.17, 15) is 4.79 Å². The monoisotopic (exact) mass is 455 g/mol. The molecule has 186 valence electrons. The van der Waals surface area contributed by atoms with E-state index >= 15 is 0 Å². The highest BCUT2D eigenvalue weighted by molar-refractivity contribution is 5.67. The Morgan fingerprint density at radius 2 is 1.06 bits per heavy atom. The summed E-state index contributed by atoms with van der Waals surface area (Å²) in [6, 6.07) is 10.2. The Hall–Kier alpha value is -1.51. The second-order valence-corrected chi connectivity index (χ2v) is 10.8. The van der Waals surface area contributed by atoms with Gasteiger partial charge in [0.25, 0.3) is 0 Å². The number of alkyl carbamates (subject to hydrolysis) is 1. The van der Waals surface area contributed by atoms with Crippen LogP contribution in [0, 0.1) is 11.8 Å². The van der Waals surface area contributed by atoms with E-state index in [4.69, 9.17) is 4.74 Å². The number of benzene rings is 1. The molecule has 0 saturated heterocycles. The highest BCUT2D eigenvalue weighted by Gasteiger charge is 2.23. The fourth-order valence-electron chi connectivity index (χ4n) is 6.10. The summed E-state index contributed by atoms with van der Waals surface area (Å²) in [5.74, 6) is 1.90. The van der Waals surface area contributed by atoms with Crippen LogP contribution < -0.4 is 5.32 Å². The summed E-state index contributed by atoms with van der Waals surface area (Å²) in [4.78, 5) is 12.3. The number of amides is 1. The number of hydrogen-bond acceptors (Lipinski definition) is 2. The van der Waals surface area contributed by atoms with Crippen molar-refractivity contribution in [2.75, 3.05) is 0 Å². The predicted molar refractivity (Wildman–Crippen MR) is 138 cm³/mol. The van der Waals surface area contributed by atoms with Gasteiger partial charge in [-0.1, -0.05) is 139 Å². The Kier molecular flexibility index (Phi) is 12.8. The Morgan fingerprint density at radius 3 is 1.58 bits per heavy atom. The fourth-order valence-corrected chi connectivity index (χ4v) is 6.10. The van der Waals surface area contributed by atoms with Gasteiger partial charge in [-0.25, -0.2) is 4.79 Å². The molecule has 2 aliphatic rings. The van der Waals surface area contributed by atoms with Crippen molar-refractivity contribution in [2.24, 2.45) is 11.8 Å². The first kappa shape index (κ1) is 26.1. The lowest BCUT2D eigenvalue weighted by Crippen LogP contribution is -2.35. The van der Waals surface area contributed by atoms with Crippen LogP contribution >= 0.6 is 0 Å². The molecule has 1 aromatic carbocycles. The van der Waals surface area contributed by atoms with Gasteiger partial charge in [0.2, 0.25) is 0 Å². The van der Waals surface area contributed by atoms with Gasteiger partial charge < -0.3 is 10.1 Å². The molecule has 0 bridgehead atoms. The molecule has 2 aliphatic carbocycles. The Bertz CT molecular complexity index is 607. The van der Waals surface area contributed by atoms with Gasteiger partial charge in [-0.3, -0.25) is 0 Å². The molecule has 3 nitrogen and oxygen atoms in total. The van der Waals surface area contributed by atoms with Crippen LogP contribution in [0.15, 0.2) is 30.3 Å². The van der Waals surface area contributed by atoms with Crippen LogP contribution in [0.1, 0.15) is 128 Å². The molecule has 0 heterocycles. The topological polar surface area (TPSA) is 38.3 Å². The molecule has 33 heavy (non-hydrogen) atoms. The minimum absolute atomic E-state index is 0.257. The van der Waals surface area contributed by atoms with E-state index in [2.05, 4.69) is 5.32 Å². The molecule has 0 aliphatic heterocycles. The van der Waals surface area contributed by atoms with Gasteiger partial charge in [0.1, 0.15) is 6.61 Å². The average molecular weight is 456 g/mol. The molecule has 0 aromatic heterocycles. The van der Waals surface area contributed by atoms with Crippen molar-refractivity contribution >= 4 is 6.09 Å². The zero-order valence-electron chi connectivity index (χ0n) is 21.1. The second kappa shape index (κ2) is 16.2. The van der Waals surface area contributed by atoms with Crippen LogP contribution in [0.3, 0.4) is 0 Å². The summed E-state index contributed by atoms with van der Waals surface area (Å²) >= 11 is 0. The van der Waals surface area contributed by atoms with Gasteiger partial charge in [-0.2, -0.15) is 0 Å². The van der Waals surface area contributed by atoms with E-state index in [0.717, 1.165) is 30.2 Å². The second-order valence-electron chi connectivity index (χ2n) is 10.8. The summed E-state index contributed by atoms with van der Waals surface area (Å²) in [5.41, 5.74) is 1.04. The van der Waals surface area contributed by atoms with Crippen LogP contribution in [0.2, 0.25) is 0 Å². The molecule has 0 radical (unpaired) electrons. The number of rotatable bonds is 4. The quantitative estimate of drug-likeness (QED) is 0.492. The molecule has 0 spiro atoms. The van der Waals surface area contributed by atoms with E-state index in [0.29, 0.717) is 6.61 Å². The van der Waals surface area contributed by atoms with Crippen LogP contribution in [-0.4, -0.2) is 12.1 Å². The molecule has 2 saturated carbocycles. The molecule has 0 unspecified atom stereocenters. The predicted octanol–water partition coefficient (Wildman–Crippen LogP) is 8.95. The summed E-state index contributed by atoms with van der Waals surface area (Å²) in [6.45, 7) is 0.350. The minimum Gasteiger partial charge on any atom is -0.445 e. The van der Waals surface area contributed by atoms with Gasteiger partial charge in [-0.05, 0) is 30.2 Å². The van der Waals surface area contributed by atoms with Crippen molar-refractivity contribution in [3.8, 4) is 0 Å². The Morgan fingerprint density at radius 1 is 0.636 bits per heavy atom. The highest BCUT2D eigenvalue weighted by atomic mass is 16.5. The van der Waals surface area contributed by atoms with Crippen LogP contribution in [0.25, 0.3) is 0 Å². The molecule has 3 heteroatoms. The third kappa shape index (κ3) is 11.0. The van der Waals surface area contributed by atoms with Crippen molar-refractivity contribution in [3.05, 3.63) is 35.9 Å². The summed E-state index contributed by atoms with van der Waals surface area (Å²) in [6.07, 6.45) is 25.9. The SMILES string of the molecule is O=C(NC1CCCCC(C2CCCCCCCCCCC2)CCCC1)OCc1ccccc1. The molecule has 1 N–H and O–H groups in total. The van der Waals surface area contributed by atoms with E-state index in [1.54, 1.807) is 0 Å². The smallest absolute Gasteiger partial charge is 0.407 e. The van der Waals surface area contributed by atoms with Gasteiger partial charge in [0.05, 0.1) is 0 Å². The summed E-state index contributed by atoms with van der Waals surface area (Å²) in [7, 11) is 0. The molecule has 0 atom stereocenters. The summed E-state index contributed by atoms with van der Waals surface area (Å²) in [5, 5.41) is 3.16. The molecule has 1 aromatic rings. The largest absolute Gasteiger partial charge is 0.445 e. The number of carbonyl (C=O) groups excluding carboxylic acids is 1. The lowest BCUT2D eigenvalue weighted by Gasteiger charge is -2.30. The van der Waals surface area contributed by atoms with Crippen LogP contribution in [0.4, 0.5) is 4.79 Å². The minimum atomic E-state index is -0.257. The third-order valence-corrected chi connectivity index (χ3v) is 8.11. The standard InChI is InChI=1S/C30H49NO2/c32-30(33-25-26-17-9-8-10-18-26)31-29-23-15-13-21-28(22-14-16-24-29)27-19-11-6-4-2-1-3-5-7-12-20-27/h8-10,17-18,27-29H,1-7,11-16,19-25H2,(H,31,32). The van der Waals surface area contributed by atoms with Crippen LogP contribution in [0.5, 0.6) is 0 Å². The zero-order chi connectivity index (χ0) is 23.0. The number of nitrogens with one attached hydrogen (secondary N) is 1. The highest BCUT2D eigenvalue weighted by Crippen LogP contribution is 2.34. The molecular weight excluding hydrogens is 406 g/mol. The molecule has 2 fully saturated rings. The third-order valence-electron chi connectivity index (χ3n) is 8.11. The maximum atomic E-state index is 12.3. The van der Waals surface area contributed by atoms with Gasteiger partial charge in [-0.15, -0.1) is 0 Å². The average Bonchev–Trinajstić information content (AvgIpc) is 2.83. The normalized spacial score (nSPS) is 25.2. The lowest BCUT2D eigenvalue weighted by molar-refractivity contribution is 0.133. The van der Waals surface area contributed by atoms with Crippen LogP contribution in [-0.2, 0) is 11.3 Å². The van der Waals surface area contributed by atoms with Crippen molar-refractivity contribution in [2.45, 2.75) is 135 Å². The number of hydrogen-bond donors (Lipinski definition) is 1. The van der Waals surface area contributed by atoms with Gasteiger partial charge >= 0.3 is 6.09 Å². The maximum absolute atomic E-state index is 12.3. The van der Waals surface area contributed by atoms with E-state index < -0.39 is 0 Å². The van der Waals surface area contributed by atoms with Crippen molar-refractivity contribution in [1.29, 1.82) is 0 Å². The molecule has 3 rings (SSSR count). The van der Waals surface area contributed by atoms with E-state index in [1.165, 1.54) is 109 Å². The van der Waals surface area contributed by atoms with E-state index in [-0.39, 0.29) is 12.1 Å².